The summed E-state index contributed by atoms with van der Waals surface area (Å²) in [4.78, 5) is 0. The van der Waals surface area contributed by atoms with Crippen LogP contribution >= 0.6 is 0 Å². The zero-order chi connectivity index (χ0) is 9.98. The summed E-state index contributed by atoms with van der Waals surface area (Å²) in [5, 5.41) is 8.60. The van der Waals surface area contributed by atoms with E-state index in [-0.39, 0.29) is 6.10 Å². The Balaban J connectivity index is 0. The molecule has 3 N–H and O–H groups in total. The van der Waals surface area contributed by atoms with Crippen LogP contribution in [0, 0.1) is 0 Å². The molecule has 1 aliphatic rings. The third-order valence-electron chi connectivity index (χ3n) is 0.906. The second kappa shape index (κ2) is 10.5. The number of hydrogen-bond acceptors (Lipinski definition) is 3. The number of hydrogen-bond donors (Lipinski definition) is 2. The van der Waals surface area contributed by atoms with Crippen molar-refractivity contribution < 1.29 is 9.84 Å². The lowest BCUT2D eigenvalue weighted by Gasteiger charge is -1.89. The first-order chi connectivity index (χ1) is 5.63. The molecule has 1 saturated heterocycles. The van der Waals surface area contributed by atoms with E-state index in [0.717, 1.165) is 13.0 Å². The van der Waals surface area contributed by atoms with Gasteiger partial charge in [-0.25, -0.2) is 0 Å². The maximum Gasteiger partial charge on any atom is 0.0795 e. The van der Waals surface area contributed by atoms with E-state index >= 15 is 0 Å². The van der Waals surface area contributed by atoms with Crippen molar-refractivity contribution in [3.05, 3.63) is 12.3 Å². The van der Waals surface area contributed by atoms with E-state index in [9.17, 15) is 0 Å². The molecule has 0 amide bonds. The lowest BCUT2D eigenvalue weighted by Crippen LogP contribution is -2.02. The first-order valence-electron chi connectivity index (χ1n) is 4.29. The van der Waals surface area contributed by atoms with E-state index in [0.29, 0.717) is 12.3 Å². The number of nitrogens with two attached hydrogens (primary N) is 1. The van der Waals surface area contributed by atoms with E-state index in [2.05, 4.69) is 6.58 Å². The summed E-state index contributed by atoms with van der Waals surface area (Å²) in [6.45, 7) is 10.4. The summed E-state index contributed by atoms with van der Waals surface area (Å²) in [7, 11) is 0. The highest BCUT2D eigenvalue weighted by Gasteiger charge is 2.09. The van der Waals surface area contributed by atoms with Crippen LogP contribution in [0.5, 0.6) is 0 Å². The van der Waals surface area contributed by atoms with Crippen molar-refractivity contribution >= 4 is 0 Å². The minimum absolute atomic E-state index is 0.176. The zero-order valence-electron chi connectivity index (χ0n) is 8.34. The van der Waals surface area contributed by atoms with Gasteiger partial charge in [-0.1, -0.05) is 20.4 Å². The van der Waals surface area contributed by atoms with Crippen molar-refractivity contribution in [2.75, 3.05) is 13.2 Å². The van der Waals surface area contributed by atoms with Crippen LogP contribution in [0.1, 0.15) is 27.2 Å². The van der Waals surface area contributed by atoms with E-state index in [4.69, 9.17) is 15.6 Å². The smallest absolute Gasteiger partial charge is 0.0795 e. The standard InChI is InChI=1S/C4H8O2.C3H7N.C2H6/c5-4-1-2-6-3-4;1-3(2)4;1-2/h4-5H,1-3H2;1,4H2,2H3;1-2H3. The highest BCUT2D eigenvalue weighted by Crippen LogP contribution is 2.00. The summed E-state index contributed by atoms with van der Waals surface area (Å²) in [6.07, 6.45) is 0.644. The Morgan fingerprint density at radius 3 is 2.08 bits per heavy atom. The SMILES string of the molecule is C=C(C)N.CC.OC1CCOC1. The second-order valence-electron chi connectivity index (χ2n) is 2.36. The molecule has 0 radical (unpaired) electrons. The molecule has 3 nitrogen and oxygen atoms in total. The van der Waals surface area contributed by atoms with Crippen molar-refractivity contribution in [1.29, 1.82) is 0 Å². The lowest BCUT2D eigenvalue weighted by molar-refractivity contribution is 0.127. The molecule has 1 rings (SSSR count). The molecule has 0 aromatic carbocycles. The highest BCUT2D eigenvalue weighted by molar-refractivity contribution is 4.76. The number of allylic oxidation sites excluding steroid dienone is 1. The predicted molar refractivity (Wildman–Crippen MR) is 51.8 cm³/mol. The van der Waals surface area contributed by atoms with Crippen molar-refractivity contribution in [2.45, 2.75) is 33.3 Å². The average Bonchev–Trinajstić information content (AvgIpc) is 2.43. The Morgan fingerprint density at radius 2 is 2.00 bits per heavy atom. The quantitative estimate of drug-likeness (QED) is 0.583. The Morgan fingerprint density at radius 1 is 1.58 bits per heavy atom. The zero-order valence-corrected chi connectivity index (χ0v) is 8.34. The summed E-state index contributed by atoms with van der Waals surface area (Å²) in [5.41, 5.74) is 5.58. The summed E-state index contributed by atoms with van der Waals surface area (Å²) in [5.74, 6) is 0. The van der Waals surface area contributed by atoms with Gasteiger partial charge in [0.15, 0.2) is 0 Å². The van der Waals surface area contributed by atoms with Crippen LogP contribution in [-0.2, 0) is 4.74 Å². The van der Waals surface area contributed by atoms with Gasteiger partial charge in [0.2, 0.25) is 0 Å². The van der Waals surface area contributed by atoms with Crippen LogP contribution in [0.3, 0.4) is 0 Å². The minimum atomic E-state index is -0.176. The molecule has 1 aliphatic heterocycles. The highest BCUT2D eigenvalue weighted by atomic mass is 16.5. The topological polar surface area (TPSA) is 55.5 Å². The van der Waals surface area contributed by atoms with E-state index in [1.807, 2.05) is 13.8 Å². The lowest BCUT2D eigenvalue weighted by atomic mass is 10.3. The van der Waals surface area contributed by atoms with Gasteiger partial charge >= 0.3 is 0 Å². The van der Waals surface area contributed by atoms with Gasteiger partial charge in [0.05, 0.1) is 12.7 Å². The summed E-state index contributed by atoms with van der Waals surface area (Å²) < 4.78 is 4.81. The molecule has 0 bridgehead atoms. The van der Waals surface area contributed by atoms with Gasteiger partial charge < -0.3 is 15.6 Å². The maximum absolute atomic E-state index is 8.60. The molecular formula is C9H21NO2. The van der Waals surface area contributed by atoms with Crippen LogP contribution in [-0.4, -0.2) is 24.4 Å². The van der Waals surface area contributed by atoms with E-state index in [1.165, 1.54) is 0 Å². The number of rotatable bonds is 0. The van der Waals surface area contributed by atoms with Crippen LogP contribution in [0.4, 0.5) is 0 Å². The molecular weight excluding hydrogens is 154 g/mol. The number of aliphatic hydroxyl groups is 1. The maximum atomic E-state index is 8.60. The normalized spacial score (nSPS) is 19.8. The van der Waals surface area contributed by atoms with Crippen molar-refractivity contribution in [2.24, 2.45) is 5.73 Å². The molecule has 0 aromatic heterocycles. The molecule has 1 fully saturated rings. The second-order valence-corrected chi connectivity index (χ2v) is 2.36. The van der Waals surface area contributed by atoms with Crippen molar-refractivity contribution in [3.63, 3.8) is 0 Å². The van der Waals surface area contributed by atoms with Crippen molar-refractivity contribution in [3.8, 4) is 0 Å². The molecule has 74 valence electrons. The van der Waals surface area contributed by atoms with E-state index < -0.39 is 0 Å². The molecule has 1 unspecified atom stereocenters. The molecule has 0 saturated carbocycles. The molecule has 0 spiro atoms. The molecule has 0 aliphatic carbocycles. The van der Waals surface area contributed by atoms with Gasteiger partial charge in [0, 0.05) is 6.61 Å². The third kappa shape index (κ3) is 16.2. The van der Waals surface area contributed by atoms with E-state index in [1.54, 1.807) is 6.92 Å². The van der Waals surface area contributed by atoms with Gasteiger partial charge in [-0.2, -0.15) is 0 Å². The number of ether oxygens (including phenoxy) is 1. The van der Waals surface area contributed by atoms with Gasteiger partial charge in [-0.05, 0) is 19.0 Å². The van der Waals surface area contributed by atoms with Crippen LogP contribution < -0.4 is 5.73 Å². The van der Waals surface area contributed by atoms with Crippen molar-refractivity contribution in [1.82, 2.24) is 0 Å². The fraction of sp³-hybridized carbons (Fsp3) is 0.778. The Labute approximate surface area is 75.2 Å². The molecule has 12 heavy (non-hydrogen) atoms. The van der Waals surface area contributed by atoms with Gasteiger partial charge in [-0.15, -0.1) is 0 Å². The molecule has 1 atom stereocenters. The fourth-order valence-electron chi connectivity index (χ4n) is 0.522. The number of aliphatic hydroxyl groups excluding tert-OH is 1. The van der Waals surface area contributed by atoms with Gasteiger partial charge in [0.1, 0.15) is 0 Å². The van der Waals surface area contributed by atoms with Gasteiger partial charge in [-0.3, -0.25) is 0 Å². The third-order valence-corrected chi connectivity index (χ3v) is 0.906. The minimum Gasteiger partial charge on any atom is -0.403 e. The average molecular weight is 175 g/mol. The summed E-state index contributed by atoms with van der Waals surface area (Å²) in [6, 6.07) is 0. The predicted octanol–water partition coefficient (Wildman–Crippen LogP) is 1.27. The first kappa shape index (κ1) is 14.0. The van der Waals surface area contributed by atoms with Crippen LogP contribution in [0.15, 0.2) is 12.3 Å². The van der Waals surface area contributed by atoms with Crippen LogP contribution in [0.2, 0.25) is 0 Å². The molecule has 1 heterocycles. The molecule has 0 aromatic rings. The monoisotopic (exact) mass is 175 g/mol. The van der Waals surface area contributed by atoms with Gasteiger partial charge in [0.25, 0.3) is 0 Å². The van der Waals surface area contributed by atoms with Crippen LogP contribution in [0.25, 0.3) is 0 Å². The largest absolute Gasteiger partial charge is 0.403 e. The Hall–Kier alpha value is -0.540. The fourth-order valence-corrected chi connectivity index (χ4v) is 0.522. The molecule has 3 heteroatoms. The summed E-state index contributed by atoms with van der Waals surface area (Å²) >= 11 is 0. The Bertz CT molecular complexity index is 94.7. The Kier molecular flexibility index (Phi) is 12.2. The first-order valence-corrected chi connectivity index (χ1v) is 4.29.